The summed E-state index contributed by atoms with van der Waals surface area (Å²) in [6, 6.07) is 7.70. The molecular weight excluding hydrogens is 224 g/mol. The molecule has 2 aliphatic carbocycles. The van der Waals surface area contributed by atoms with Crippen molar-refractivity contribution in [3.8, 4) is 5.75 Å². The minimum Gasteiger partial charge on any atom is -0.497 e. The van der Waals surface area contributed by atoms with Crippen LogP contribution in [0.2, 0.25) is 0 Å². The Morgan fingerprint density at radius 1 is 1.28 bits per heavy atom. The molecule has 0 radical (unpaired) electrons. The smallest absolute Gasteiger partial charge is 0.119 e. The van der Waals surface area contributed by atoms with Crippen LogP contribution >= 0.6 is 0 Å². The predicted octanol–water partition coefficient (Wildman–Crippen LogP) is 2.10. The maximum absolute atomic E-state index is 6.48. The number of benzene rings is 1. The van der Waals surface area contributed by atoms with Gasteiger partial charge in [0, 0.05) is 18.1 Å². The van der Waals surface area contributed by atoms with Crippen LogP contribution in [0, 0.1) is 0 Å². The van der Waals surface area contributed by atoms with Crippen LogP contribution in [0.25, 0.3) is 0 Å². The van der Waals surface area contributed by atoms with Gasteiger partial charge in [-0.05, 0) is 56.0 Å². The number of rotatable bonds is 3. The van der Waals surface area contributed by atoms with Crippen molar-refractivity contribution >= 4 is 0 Å². The Kier molecular flexibility index (Phi) is 3.04. The van der Waals surface area contributed by atoms with Gasteiger partial charge in [0.25, 0.3) is 0 Å². The highest BCUT2D eigenvalue weighted by atomic mass is 16.5. The first kappa shape index (κ1) is 12.0. The minimum atomic E-state index is 0.120. The zero-order valence-electron chi connectivity index (χ0n) is 11.2. The maximum Gasteiger partial charge on any atom is 0.119 e. The van der Waals surface area contributed by atoms with E-state index in [1.165, 1.54) is 30.4 Å². The normalized spacial score (nSPS) is 27.1. The first-order valence-electron chi connectivity index (χ1n) is 6.85. The Morgan fingerprint density at radius 3 is 2.72 bits per heavy atom. The van der Waals surface area contributed by atoms with Crippen LogP contribution < -0.4 is 10.5 Å². The van der Waals surface area contributed by atoms with Gasteiger partial charge < -0.3 is 10.5 Å². The van der Waals surface area contributed by atoms with E-state index in [2.05, 4.69) is 24.1 Å². The number of nitrogens with two attached hydrogens (primary N) is 1. The largest absolute Gasteiger partial charge is 0.497 e. The quantitative estimate of drug-likeness (QED) is 0.887. The highest BCUT2D eigenvalue weighted by Gasteiger charge is 2.36. The Morgan fingerprint density at radius 2 is 2.06 bits per heavy atom. The monoisotopic (exact) mass is 246 g/mol. The van der Waals surface area contributed by atoms with Gasteiger partial charge in [-0.15, -0.1) is 0 Å². The molecule has 0 amide bonds. The number of nitrogens with zero attached hydrogens (tertiary/aromatic N) is 1. The number of fused-ring (bicyclic) bond motifs is 1. The van der Waals surface area contributed by atoms with E-state index in [9.17, 15) is 0 Å². The molecule has 2 aliphatic rings. The summed E-state index contributed by atoms with van der Waals surface area (Å²) >= 11 is 0. The van der Waals surface area contributed by atoms with Gasteiger partial charge in [-0.25, -0.2) is 0 Å². The van der Waals surface area contributed by atoms with E-state index >= 15 is 0 Å². The molecular formula is C15H22N2O. The Bertz CT molecular complexity index is 442. The van der Waals surface area contributed by atoms with Gasteiger partial charge in [0.15, 0.2) is 0 Å². The molecule has 2 atom stereocenters. The Hall–Kier alpha value is -1.06. The third-order valence-corrected chi connectivity index (χ3v) is 4.48. The van der Waals surface area contributed by atoms with E-state index in [1.54, 1.807) is 7.11 Å². The zero-order chi connectivity index (χ0) is 12.7. The van der Waals surface area contributed by atoms with Gasteiger partial charge in [0.05, 0.1) is 7.11 Å². The van der Waals surface area contributed by atoms with Gasteiger partial charge in [0.1, 0.15) is 5.75 Å². The van der Waals surface area contributed by atoms with Crippen molar-refractivity contribution in [3.05, 3.63) is 29.3 Å². The average Bonchev–Trinajstić information content (AvgIpc) is 3.22. The third-order valence-electron chi connectivity index (χ3n) is 4.48. The lowest BCUT2D eigenvalue weighted by Gasteiger charge is -2.37. The van der Waals surface area contributed by atoms with Gasteiger partial charge >= 0.3 is 0 Å². The molecule has 98 valence electrons. The fraction of sp³-hybridized carbons (Fsp3) is 0.600. The SMILES string of the molecule is COc1ccc2c(c1)C(N)C(N(C)C1CC1)CC2. The van der Waals surface area contributed by atoms with Crippen molar-refractivity contribution in [1.82, 2.24) is 4.90 Å². The van der Waals surface area contributed by atoms with E-state index < -0.39 is 0 Å². The van der Waals surface area contributed by atoms with Crippen LogP contribution in [0.5, 0.6) is 5.75 Å². The molecule has 2 N–H and O–H groups in total. The van der Waals surface area contributed by atoms with Crippen molar-refractivity contribution < 1.29 is 4.74 Å². The standard InChI is InChI=1S/C15H22N2O/c1-17(11-5-6-11)14-8-4-10-3-7-12(18-2)9-13(10)15(14)16/h3,7,9,11,14-15H,4-6,8,16H2,1-2H3. The molecule has 3 nitrogen and oxygen atoms in total. The third kappa shape index (κ3) is 2.02. The average molecular weight is 246 g/mol. The topological polar surface area (TPSA) is 38.5 Å². The number of hydrogen-bond acceptors (Lipinski definition) is 3. The van der Waals surface area contributed by atoms with Gasteiger partial charge in [-0.3, -0.25) is 4.90 Å². The molecule has 3 heteroatoms. The van der Waals surface area contributed by atoms with Crippen LogP contribution in [-0.2, 0) is 6.42 Å². The highest BCUT2D eigenvalue weighted by molar-refractivity contribution is 5.40. The summed E-state index contributed by atoms with van der Waals surface area (Å²) in [5.74, 6) is 0.916. The number of ether oxygens (including phenoxy) is 1. The van der Waals surface area contributed by atoms with Crippen molar-refractivity contribution in [1.29, 1.82) is 0 Å². The van der Waals surface area contributed by atoms with Crippen LogP contribution in [0.4, 0.5) is 0 Å². The van der Waals surface area contributed by atoms with E-state index in [0.29, 0.717) is 6.04 Å². The molecule has 0 saturated heterocycles. The lowest BCUT2D eigenvalue weighted by molar-refractivity contribution is 0.183. The van der Waals surface area contributed by atoms with Crippen LogP contribution in [0.15, 0.2) is 18.2 Å². The fourth-order valence-electron chi connectivity index (χ4n) is 3.14. The number of likely N-dealkylation sites (N-methyl/N-ethyl adjacent to an activating group) is 1. The lowest BCUT2D eigenvalue weighted by Crippen LogP contribution is -2.44. The summed E-state index contributed by atoms with van der Waals surface area (Å²) in [5, 5.41) is 0. The molecule has 1 fully saturated rings. The van der Waals surface area contributed by atoms with E-state index in [1.807, 2.05) is 6.07 Å². The second kappa shape index (κ2) is 4.56. The second-order valence-corrected chi connectivity index (χ2v) is 5.59. The van der Waals surface area contributed by atoms with Crippen LogP contribution in [-0.4, -0.2) is 31.1 Å². The first-order chi connectivity index (χ1) is 8.70. The molecule has 0 aliphatic heterocycles. The van der Waals surface area contributed by atoms with Crippen LogP contribution in [0.3, 0.4) is 0 Å². The summed E-state index contributed by atoms with van der Waals surface area (Å²) in [5.41, 5.74) is 9.15. The lowest BCUT2D eigenvalue weighted by atomic mass is 9.83. The van der Waals surface area contributed by atoms with Crippen molar-refractivity contribution in [2.24, 2.45) is 5.73 Å². The summed E-state index contributed by atoms with van der Waals surface area (Å²) < 4.78 is 5.31. The van der Waals surface area contributed by atoms with E-state index in [4.69, 9.17) is 10.5 Å². The highest BCUT2D eigenvalue weighted by Crippen LogP contribution is 2.37. The van der Waals surface area contributed by atoms with Gasteiger partial charge in [0.2, 0.25) is 0 Å². The molecule has 1 saturated carbocycles. The minimum absolute atomic E-state index is 0.120. The molecule has 0 spiro atoms. The van der Waals surface area contributed by atoms with Gasteiger partial charge in [-0.1, -0.05) is 6.07 Å². The first-order valence-corrected chi connectivity index (χ1v) is 6.85. The molecule has 3 rings (SSSR count). The molecule has 0 bridgehead atoms. The molecule has 2 unspecified atom stereocenters. The maximum atomic E-state index is 6.48. The summed E-state index contributed by atoms with van der Waals surface area (Å²) in [6.07, 6.45) is 4.98. The molecule has 1 aromatic rings. The molecule has 18 heavy (non-hydrogen) atoms. The van der Waals surface area contributed by atoms with Crippen molar-refractivity contribution in [3.63, 3.8) is 0 Å². The van der Waals surface area contributed by atoms with Crippen molar-refractivity contribution in [2.75, 3.05) is 14.2 Å². The zero-order valence-corrected chi connectivity index (χ0v) is 11.2. The summed E-state index contributed by atoms with van der Waals surface area (Å²) in [7, 11) is 3.94. The predicted molar refractivity (Wildman–Crippen MR) is 72.8 cm³/mol. The van der Waals surface area contributed by atoms with Crippen molar-refractivity contribution in [2.45, 2.75) is 43.8 Å². The fourth-order valence-corrected chi connectivity index (χ4v) is 3.14. The summed E-state index contributed by atoms with van der Waals surface area (Å²) in [4.78, 5) is 2.49. The van der Waals surface area contributed by atoms with E-state index in [-0.39, 0.29) is 6.04 Å². The second-order valence-electron chi connectivity index (χ2n) is 5.59. The summed E-state index contributed by atoms with van der Waals surface area (Å²) in [6.45, 7) is 0. The Balaban J connectivity index is 1.87. The molecule has 0 heterocycles. The molecule has 0 aromatic heterocycles. The van der Waals surface area contributed by atoms with E-state index in [0.717, 1.165) is 18.2 Å². The van der Waals surface area contributed by atoms with Crippen LogP contribution in [0.1, 0.15) is 36.4 Å². The molecule has 1 aromatic carbocycles. The number of aryl methyl sites for hydroxylation is 1. The van der Waals surface area contributed by atoms with Gasteiger partial charge in [-0.2, -0.15) is 0 Å². The number of methoxy groups -OCH3 is 1. The Labute approximate surface area is 109 Å². The number of hydrogen-bond donors (Lipinski definition) is 1.